The van der Waals surface area contributed by atoms with E-state index in [1.165, 1.54) is 12.8 Å². The van der Waals surface area contributed by atoms with Gasteiger partial charge in [-0.2, -0.15) is 0 Å². The lowest BCUT2D eigenvalue weighted by Gasteiger charge is -2.07. The largest absolute Gasteiger partial charge is 0.364 e. The van der Waals surface area contributed by atoms with Crippen LogP contribution in [0.3, 0.4) is 0 Å². The molecule has 1 fully saturated rings. The first-order chi connectivity index (χ1) is 7.54. The zero-order chi connectivity index (χ0) is 11.6. The minimum absolute atomic E-state index is 0.409. The number of aliphatic imine (C=N–C) groups is 1. The van der Waals surface area contributed by atoms with Gasteiger partial charge in [-0.25, -0.2) is 13.1 Å². The Morgan fingerprint density at radius 3 is 2.81 bits per heavy atom. The Bertz CT molecular complexity index is 376. The SMILES string of the molecule is CS(=O)(=O)NCCNC1=NCC(C2CC2)S1. The summed E-state index contributed by atoms with van der Waals surface area (Å²) in [6, 6.07) is 0. The molecule has 1 aliphatic heterocycles. The van der Waals surface area contributed by atoms with Gasteiger partial charge in [0, 0.05) is 18.3 Å². The van der Waals surface area contributed by atoms with Crippen LogP contribution in [0.25, 0.3) is 0 Å². The molecule has 1 heterocycles. The molecule has 2 aliphatic rings. The van der Waals surface area contributed by atoms with Gasteiger partial charge in [-0.05, 0) is 18.8 Å². The highest BCUT2D eigenvalue weighted by Crippen LogP contribution is 2.41. The Balaban J connectivity index is 1.60. The third kappa shape index (κ3) is 3.95. The highest BCUT2D eigenvalue weighted by molar-refractivity contribution is 8.14. The third-order valence-corrected chi connectivity index (χ3v) is 4.65. The summed E-state index contributed by atoms with van der Waals surface area (Å²) >= 11 is 1.80. The molecule has 0 radical (unpaired) electrons. The van der Waals surface area contributed by atoms with Gasteiger partial charge in [-0.15, -0.1) is 0 Å². The van der Waals surface area contributed by atoms with Crippen molar-refractivity contribution >= 4 is 27.0 Å². The van der Waals surface area contributed by atoms with Crippen molar-refractivity contribution < 1.29 is 8.42 Å². The van der Waals surface area contributed by atoms with Gasteiger partial charge in [0.1, 0.15) is 0 Å². The second-order valence-corrected chi connectivity index (χ2v) is 7.29. The van der Waals surface area contributed by atoms with E-state index in [0.29, 0.717) is 18.3 Å². The first kappa shape index (κ1) is 12.2. The molecule has 0 aromatic carbocycles. The van der Waals surface area contributed by atoms with Crippen molar-refractivity contribution in [3.63, 3.8) is 0 Å². The van der Waals surface area contributed by atoms with Crippen LogP contribution in [-0.4, -0.2) is 44.7 Å². The third-order valence-electron chi connectivity index (χ3n) is 2.59. The van der Waals surface area contributed by atoms with E-state index < -0.39 is 10.0 Å². The molecular formula is C9H17N3O2S2. The van der Waals surface area contributed by atoms with E-state index in [1.807, 2.05) is 0 Å². The van der Waals surface area contributed by atoms with E-state index in [1.54, 1.807) is 11.8 Å². The highest BCUT2D eigenvalue weighted by atomic mass is 32.2. The summed E-state index contributed by atoms with van der Waals surface area (Å²) < 4.78 is 24.0. The summed E-state index contributed by atoms with van der Waals surface area (Å²) in [5.41, 5.74) is 0. The molecule has 1 unspecified atom stereocenters. The van der Waals surface area contributed by atoms with Gasteiger partial charge in [0.15, 0.2) is 5.17 Å². The molecule has 0 aromatic heterocycles. The molecule has 92 valence electrons. The monoisotopic (exact) mass is 263 g/mol. The highest BCUT2D eigenvalue weighted by Gasteiger charge is 2.35. The molecule has 2 N–H and O–H groups in total. The van der Waals surface area contributed by atoms with E-state index in [4.69, 9.17) is 0 Å². The minimum Gasteiger partial charge on any atom is -0.364 e. The summed E-state index contributed by atoms with van der Waals surface area (Å²) in [7, 11) is -3.07. The van der Waals surface area contributed by atoms with Crippen LogP contribution in [0.2, 0.25) is 0 Å². The lowest BCUT2D eigenvalue weighted by Crippen LogP contribution is -2.32. The fourth-order valence-electron chi connectivity index (χ4n) is 1.61. The van der Waals surface area contributed by atoms with Crippen LogP contribution in [0.15, 0.2) is 4.99 Å². The molecule has 16 heavy (non-hydrogen) atoms. The smallest absolute Gasteiger partial charge is 0.208 e. The number of hydrogen-bond acceptors (Lipinski definition) is 5. The lowest BCUT2D eigenvalue weighted by molar-refractivity contribution is 0.587. The first-order valence-electron chi connectivity index (χ1n) is 5.44. The van der Waals surface area contributed by atoms with Crippen LogP contribution in [0.4, 0.5) is 0 Å². The Labute approximate surface area is 101 Å². The van der Waals surface area contributed by atoms with Gasteiger partial charge in [-0.3, -0.25) is 4.99 Å². The van der Waals surface area contributed by atoms with Crippen LogP contribution < -0.4 is 10.0 Å². The molecule has 1 saturated carbocycles. The van der Waals surface area contributed by atoms with Gasteiger partial charge >= 0.3 is 0 Å². The summed E-state index contributed by atoms with van der Waals surface area (Å²) in [5, 5.41) is 4.78. The summed E-state index contributed by atoms with van der Waals surface area (Å²) in [4.78, 5) is 4.40. The maximum Gasteiger partial charge on any atom is 0.208 e. The topological polar surface area (TPSA) is 70.6 Å². The quantitative estimate of drug-likeness (QED) is 0.685. The maximum atomic E-state index is 10.8. The zero-order valence-electron chi connectivity index (χ0n) is 9.27. The van der Waals surface area contributed by atoms with Gasteiger partial charge in [-0.1, -0.05) is 11.8 Å². The zero-order valence-corrected chi connectivity index (χ0v) is 10.9. The van der Waals surface area contributed by atoms with Gasteiger partial charge in [0.25, 0.3) is 0 Å². The average Bonchev–Trinajstić information content (AvgIpc) is 2.93. The fourth-order valence-corrected chi connectivity index (χ4v) is 3.32. The van der Waals surface area contributed by atoms with Gasteiger partial charge in [0.05, 0.1) is 12.8 Å². The molecule has 0 bridgehead atoms. The summed E-state index contributed by atoms with van der Waals surface area (Å²) in [6.45, 7) is 1.92. The number of sulfonamides is 1. The van der Waals surface area contributed by atoms with Crippen molar-refractivity contribution in [2.75, 3.05) is 25.9 Å². The van der Waals surface area contributed by atoms with Crippen molar-refractivity contribution in [1.29, 1.82) is 0 Å². The van der Waals surface area contributed by atoms with Crippen LogP contribution in [0.5, 0.6) is 0 Å². The predicted octanol–water partition coefficient (Wildman–Crippen LogP) is 0.00660. The van der Waals surface area contributed by atoms with Gasteiger partial charge < -0.3 is 5.32 Å². The van der Waals surface area contributed by atoms with Crippen molar-refractivity contribution in [2.45, 2.75) is 18.1 Å². The molecule has 2 rings (SSSR count). The van der Waals surface area contributed by atoms with E-state index in [-0.39, 0.29) is 0 Å². The molecule has 5 nitrogen and oxygen atoms in total. The molecule has 1 aliphatic carbocycles. The fraction of sp³-hybridized carbons (Fsp3) is 0.889. The molecule has 0 spiro atoms. The molecule has 0 aromatic rings. The summed E-state index contributed by atoms with van der Waals surface area (Å²) in [5.74, 6) is 0.863. The van der Waals surface area contributed by atoms with Crippen LogP contribution >= 0.6 is 11.8 Å². The van der Waals surface area contributed by atoms with Crippen molar-refractivity contribution in [3.8, 4) is 0 Å². The van der Waals surface area contributed by atoms with Crippen LogP contribution in [-0.2, 0) is 10.0 Å². The number of nitrogens with one attached hydrogen (secondary N) is 2. The van der Waals surface area contributed by atoms with E-state index in [0.717, 1.165) is 23.9 Å². The molecule has 7 heteroatoms. The van der Waals surface area contributed by atoms with E-state index in [9.17, 15) is 8.42 Å². The first-order valence-corrected chi connectivity index (χ1v) is 8.21. The summed E-state index contributed by atoms with van der Waals surface area (Å²) in [6.07, 6.45) is 3.85. The number of rotatable bonds is 5. The normalized spacial score (nSPS) is 25.6. The second kappa shape index (κ2) is 4.93. The maximum absolute atomic E-state index is 10.8. The Morgan fingerprint density at radius 2 is 2.19 bits per heavy atom. The predicted molar refractivity (Wildman–Crippen MR) is 67.3 cm³/mol. The molecule has 0 amide bonds. The van der Waals surface area contributed by atoms with Crippen LogP contribution in [0.1, 0.15) is 12.8 Å². The van der Waals surface area contributed by atoms with Gasteiger partial charge in [0.2, 0.25) is 10.0 Å². The minimum atomic E-state index is -3.07. The van der Waals surface area contributed by atoms with Crippen molar-refractivity contribution in [3.05, 3.63) is 0 Å². The lowest BCUT2D eigenvalue weighted by atomic mass is 10.3. The molecule has 0 saturated heterocycles. The second-order valence-electron chi connectivity index (χ2n) is 4.23. The number of amidine groups is 1. The van der Waals surface area contributed by atoms with E-state index >= 15 is 0 Å². The Morgan fingerprint density at radius 1 is 1.44 bits per heavy atom. The van der Waals surface area contributed by atoms with Crippen molar-refractivity contribution in [1.82, 2.24) is 10.0 Å². The number of hydrogen-bond donors (Lipinski definition) is 2. The Hall–Kier alpha value is -0.270. The number of nitrogens with zero attached hydrogens (tertiary/aromatic N) is 1. The van der Waals surface area contributed by atoms with Crippen molar-refractivity contribution in [2.24, 2.45) is 10.9 Å². The Kier molecular flexibility index (Phi) is 3.76. The average molecular weight is 263 g/mol. The molecule has 1 atom stereocenters. The standard InChI is InChI=1S/C9H17N3O2S2/c1-16(13,14)12-5-4-10-9-11-6-8(15-9)7-2-3-7/h7-8,12H,2-6H2,1H3,(H,10,11). The molecular weight excluding hydrogens is 246 g/mol. The number of thioether (sulfide) groups is 1. The van der Waals surface area contributed by atoms with E-state index in [2.05, 4.69) is 15.0 Å². The van der Waals surface area contributed by atoms with Crippen LogP contribution in [0, 0.1) is 5.92 Å².